The zero-order valence-corrected chi connectivity index (χ0v) is 7.53. The molecule has 0 spiro atoms. The molecule has 10 heavy (non-hydrogen) atoms. The van der Waals surface area contributed by atoms with Crippen LogP contribution in [0.3, 0.4) is 0 Å². The van der Waals surface area contributed by atoms with Crippen molar-refractivity contribution in [3.63, 3.8) is 0 Å². The Hall–Kier alpha value is -0.0200. The lowest BCUT2D eigenvalue weighted by Gasteiger charge is -2.05. The first kappa shape index (κ1) is 9.98. The van der Waals surface area contributed by atoms with E-state index in [-0.39, 0.29) is 11.0 Å². The molecule has 0 heterocycles. The van der Waals surface area contributed by atoms with Crippen LogP contribution in [-0.2, 0) is 9.53 Å². The van der Waals surface area contributed by atoms with Crippen LogP contribution in [-0.4, -0.2) is 23.6 Å². The van der Waals surface area contributed by atoms with Crippen LogP contribution >= 0.6 is 11.8 Å². The Labute approximate surface area is 66.3 Å². The Kier molecular flexibility index (Phi) is 5.73. The summed E-state index contributed by atoms with van der Waals surface area (Å²) in [5.74, 6) is 0.835. The van der Waals surface area contributed by atoms with Gasteiger partial charge >= 0.3 is 0 Å². The summed E-state index contributed by atoms with van der Waals surface area (Å²) >= 11 is 1.54. The SMILES string of the molecule is CCOCSC(C)C(C)=O. The van der Waals surface area contributed by atoms with E-state index in [9.17, 15) is 4.79 Å². The monoisotopic (exact) mass is 162 g/mol. The molecular weight excluding hydrogens is 148 g/mol. The summed E-state index contributed by atoms with van der Waals surface area (Å²) < 4.78 is 5.07. The van der Waals surface area contributed by atoms with E-state index in [1.807, 2.05) is 13.8 Å². The van der Waals surface area contributed by atoms with Crippen molar-refractivity contribution in [3.05, 3.63) is 0 Å². The number of thioether (sulfide) groups is 1. The van der Waals surface area contributed by atoms with Crippen molar-refractivity contribution in [2.24, 2.45) is 0 Å². The number of hydrogen-bond acceptors (Lipinski definition) is 3. The van der Waals surface area contributed by atoms with E-state index in [4.69, 9.17) is 4.74 Å². The van der Waals surface area contributed by atoms with E-state index >= 15 is 0 Å². The molecule has 2 nitrogen and oxygen atoms in total. The van der Waals surface area contributed by atoms with Gasteiger partial charge in [-0.25, -0.2) is 0 Å². The van der Waals surface area contributed by atoms with Crippen molar-refractivity contribution in [3.8, 4) is 0 Å². The highest BCUT2D eigenvalue weighted by Crippen LogP contribution is 2.10. The molecule has 0 rings (SSSR count). The van der Waals surface area contributed by atoms with Gasteiger partial charge in [-0.3, -0.25) is 4.79 Å². The van der Waals surface area contributed by atoms with Crippen LogP contribution in [0, 0.1) is 0 Å². The molecule has 0 aliphatic rings. The number of rotatable bonds is 5. The van der Waals surface area contributed by atoms with Crippen LogP contribution < -0.4 is 0 Å². The van der Waals surface area contributed by atoms with E-state index in [0.29, 0.717) is 5.94 Å². The molecule has 0 saturated heterocycles. The highest BCUT2D eigenvalue weighted by atomic mass is 32.2. The van der Waals surface area contributed by atoms with Gasteiger partial charge in [-0.2, -0.15) is 0 Å². The van der Waals surface area contributed by atoms with Crippen molar-refractivity contribution in [1.29, 1.82) is 0 Å². The van der Waals surface area contributed by atoms with E-state index < -0.39 is 0 Å². The number of Topliss-reactive ketones (excluding diaryl/α,β-unsaturated/α-hetero) is 1. The summed E-state index contributed by atoms with van der Waals surface area (Å²) in [5.41, 5.74) is 0. The fourth-order valence-corrected chi connectivity index (χ4v) is 1.05. The number of ketones is 1. The second-order valence-electron chi connectivity index (χ2n) is 2.03. The molecule has 0 radical (unpaired) electrons. The van der Waals surface area contributed by atoms with Gasteiger partial charge in [0, 0.05) is 6.61 Å². The molecule has 3 heteroatoms. The average Bonchev–Trinajstić information content (AvgIpc) is 1.88. The van der Waals surface area contributed by atoms with Crippen molar-refractivity contribution in [2.75, 3.05) is 12.5 Å². The van der Waals surface area contributed by atoms with Crippen molar-refractivity contribution in [2.45, 2.75) is 26.0 Å². The quantitative estimate of drug-likeness (QED) is 0.454. The molecular formula is C7H14O2S. The maximum Gasteiger partial charge on any atom is 0.142 e. The number of carbonyl (C=O) groups excluding carboxylic acids is 1. The predicted octanol–water partition coefficient (Wildman–Crippen LogP) is 1.69. The van der Waals surface area contributed by atoms with Gasteiger partial charge in [0.2, 0.25) is 0 Å². The largest absolute Gasteiger partial charge is 0.371 e. The van der Waals surface area contributed by atoms with Crippen LogP contribution in [0.1, 0.15) is 20.8 Å². The fraction of sp³-hybridized carbons (Fsp3) is 0.857. The molecule has 0 aliphatic heterocycles. The molecule has 0 aliphatic carbocycles. The molecule has 0 bridgehead atoms. The Morgan fingerprint density at radius 1 is 1.70 bits per heavy atom. The standard InChI is InChI=1S/C7H14O2S/c1-4-9-5-10-7(3)6(2)8/h7H,4-5H2,1-3H3. The highest BCUT2D eigenvalue weighted by molar-refractivity contribution is 8.00. The summed E-state index contributed by atoms with van der Waals surface area (Å²) in [6.07, 6.45) is 0. The number of hydrogen-bond donors (Lipinski definition) is 0. The fourth-order valence-electron chi connectivity index (χ4n) is 0.351. The average molecular weight is 162 g/mol. The minimum Gasteiger partial charge on any atom is -0.371 e. The maximum absolute atomic E-state index is 10.7. The lowest BCUT2D eigenvalue weighted by Crippen LogP contribution is -2.09. The first-order chi connectivity index (χ1) is 4.68. The minimum absolute atomic E-state index is 0.0755. The third-order valence-electron chi connectivity index (χ3n) is 1.18. The van der Waals surface area contributed by atoms with Crippen LogP contribution in [0.2, 0.25) is 0 Å². The molecule has 0 fully saturated rings. The van der Waals surface area contributed by atoms with E-state index in [1.54, 1.807) is 6.92 Å². The Balaban J connectivity index is 3.21. The third kappa shape index (κ3) is 4.82. The number of carbonyl (C=O) groups is 1. The van der Waals surface area contributed by atoms with Crippen LogP contribution in [0.4, 0.5) is 0 Å². The summed E-state index contributed by atoms with van der Waals surface area (Å²) in [4.78, 5) is 10.7. The molecule has 1 atom stereocenters. The normalized spacial score (nSPS) is 13.1. The summed E-state index contributed by atoms with van der Waals surface area (Å²) in [6.45, 7) is 6.16. The van der Waals surface area contributed by atoms with Gasteiger partial charge < -0.3 is 4.74 Å². The molecule has 0 N–H and O–H groups in total. The van der Waals surface area contributed by atoms with Gasteiger partial charge in [0.1, 0.15) is 5.78 Å². The van der Waals surface area contributed by atoms with Crippen LogP contribution in [0.25, 0.3) is 0 Å². The Morgan fingerprint density at radius 2 is 2.30 bits per heavy atom. The van der Waals surface area contributed by atoms with E-state index in [0.717, 1.165) is 6.61 Å². The molecule has 0 aromatic heterocycles. The first-order valence-corrected chi connectivity index (χ1v) is 4.43. The molecule has 0 aromatic rings. The third-order valence-corrected chi connectivity index (χ3v) is 2.31. The summed E-state index contributed by atoms with van der Waals surface area (Å²) in [6, 6.07) is 0. The lowest BCUT2D eigenvalue weighted by molar-refractivity contribution is -0.116. The van der Waals surface area contributed by atoms with Gasteiger partial charge in [0.15, 0.2) is 0 Å². The van der Waals surface area contributed by atoms with Gasteiger partial charge in [-0.15, -0.1) is 11.8 Å². The first-order valence-electron chi connectivity index (χ1n) is 3.38. The Morgan fingerprint density at radius 3 is 2.70 bits per heavy atom. The highest BCUT2D eigenvalue weighted by Gasteiger charge is 2.06. The maximum atomic E-state index is 10.7. The van der Waals surface area contributed by atoms with Crippen molar-refractivity contribution < 1.29 is 9.53 Å². The van der Waals surface area contributed by atoms with Gasteiger partial charge in [-0.1, -0.05) is 0 Å². The summed E-state index contributed by atoms with van der Waals surface area (Å²) in [5, 5.41) is 0.0755. The van der Waals surface area contributed by atoms with Crippen molar-refractivity contribution in [1.82, 2.24) is 0 Å². The zero-order valence-electron chi connectivity index (χ0n) is 6.72. The van der Waals surface area contributed by atoms with Crippen molar-refractivity contribution >= 4 is 17.5 Å². The number of ether oxygens (including phenoxy) is 1. The molecule has 0 saturated carbocycles. The minimum atomic E-state index is 0.0755. The molecule has 0 aromatic carbocycles. The van der Waals surface area contributed by atoms with Crippen LogP contribution in [0.5, 0.6) is 0 Å². The van der Waals surface area contributed by atoms with Gasteiger partial charge in [-0.05, 0) is 20.8 Å². The van der Waals surface area contributed by atoms with E-state index in [1.165, 1.54) is 11.8 Å². The molecule has 60 valence electrons. The molecule has 1 unspecified atom stereocenters. The van der Waals surface area contributed by atoms with Gasteiger partial charge in [0.05, 0.1) is 11.2 Å². The second-order valence-corrected chi connectivity index (χ2v) is 3.31. The smallest absolute Gasteiger partial charge is 0.142 e. The molecule has 0 amide bonds. The zero-order chi connectivity index (χ0) is 7.98. The second kappa shape index (κ2) is 5.74. The lowest BCUT2D eigenvalue weighted by atomic mass is 10.3. The predicted molar refractivity (Wildman–Crippen MR) is 44.2 cm³/mol. The van der Waals surface area contributed by atoms with Crippen LogP contribution in [0.15, 0.2) is 0 Å². The summed E-state index contributed by atoms with van der Waals surface area (Å²) in [7, 11) is 0. The topological polar surface area (TPSA) is 26.3 Å². The Bertz CT molecular complexity index is 104. The van der Waals surface area contributed by atoms with E-state index in [2.05, 4.69) is 0 Å². The van der Waals surface area contributed by atoms with Gasteiger partial charge in [0.25, 0.3) is 0 Å².